The molecule has 0 spiro atoms. The highest BCUT2D eigenvalue weighted by molar-refractivity contribution is 5.52. The van der Waals surface area contributed by atoms with Crippen molar-refractivity contribution in [3.63, 3.8) is 0 Å². The van der Waals surface area contributed by atoms with Crippen LogP contribution in [-0.2, 0) is 4.79 Å². The van der Waals surface area contributed by atoms with Gasteiger partial charge < -0.3 is 10.2 Å². The summed E-state index contributed by atoms with van der Waals surface area (Å²) in [6.07, 6.45) is 12.3. The largest absolute Gasteiger partial charge is 0.370 e. The van der Waals surface area contributed by atoms with E-state index in [0.29, 0.717) is 12.0 Å². The van der Waals surface area contributed by atoms with Crippen LogP contribution in [0.1, 0.15) is 59.3 Å². The second-order valence-corrected chi connectivity index (χ2v) is 5.80. The van der Waals surface area contributed by atoms with Gasteiger partial charge in [-0.15, -0.1) is 0 Å². The number of rotatable bonds is 9. The molecule has 114 valence electrons. The molecular weight excluding hydrogens is 248 g/mol. The van der Waals surface area contributed by atoms with Crippen LogP contribution in [0.15, 0.2) is 23.5 Å². The van der Waals surface area contributed by atoms with Crippen LogP contribution in [-0.4, -0.2) is 24.4 Å². The summed E-state index contributed by atoms with van der Waals surface area (Å²) in [6, 6.07) is 0.563. The molecule has 2 unspecified atom stereocenters. The van der Waals surface area contributed by atoms with E-state index in [1.54, 1.807) is 0 Å². The van der Waals surface area contributed by atoms with E-state index in [4.69, 9.17) is 0 Å². The van der Waals surface area contributed by atoms with Gasteiger partial charge in [0.25, 0.3) is 0 Å². The Balaban J connectivity index is 2.93. The first-order valence-corrected chi connectivity index (χ1v) is 7.99. The molecule has 0 bridgehead atoms. The number of nitrogens with one attached hydrogen (secondary N) is 1. The van der Waals surface area contributed by atoms with E-state index in [2.05, 4.69) is 50.2 Å². The molecule has 20 heavy (non-hydrogen) atoms. The van der Waals surface area contributed by atoms with E-state index in [0.717, 1.165) is 18.5 Å². The first kappa shape index (κ1) is 16.8. The quantitative estimate of drug-likeness (QED) is 0.650. The summed E-state index contributed by atoms with van der Waals surface area (Å²) in [4.78, 5) is 13.2. The zero-order valence-corrected chi connectivity index (χ0v) is 13.5. The minimum absolute atomic E-state index is 0.385. The molecule has 2 atom stereocenters. The third kappa shape index (κ3) is 4.39. The second-order valence-electron chi connectivity index (χ2n) is 5.80. The van der Waals surface area contributed by atoms with E-state index >= 15 is 0 Å². The highest BCUT2D eigenvalue weighted by Gasteiger charge is 2.22. The van der Waals surface area contributed by atoms with Crippen molar-refractivity contribution < 1.29 is 4.79 Å². The number of hydrogen-bond donors (Lipinski definition) is 1. The third-order valence-electron chi connectivity index (χ3n) is 4.19. The Bertz CT molecular complexity index is 360. The molecule has 0 aromatic heterocycles. The molecule has 0 saturated heterocycles. The van der Waals surface area contributed by atoms with Crippen molar-refractivity contribution in [2.75, 3.05) is 7.05 Å². The van der Waals surface area contributed by atoms with E-state index in [9.17, 15) is 4.79 Å². The summed E-state index contributed by atoms with van der Waals surface area (Å²) in [6.45, 7) is 6.65. The van der Waals surface area contributed by atoms with Gasteiger partial charge in [-0.3, -0.25) is 4.79 Å². The van der Waals surface area contributed by atoms with Gasteiger partial charge >= 0.3 is 0 Å². The number of carbonyl (C=O) groups is 1. The fourth-order valence-corrected chi connectivity index (χ4v) is 2.93. The van der Waals surface area contributed by atoms with Gasteiger partial charge in [0, 0.05) is 24.7 Å². The Hall–Kier alpha value is -1.25. The van der Waals surface area contributed by atoms with E-state index < -0.39 is 0 Å². The zero-order chi connectivity index (χ0) is 15.0. The first-order chi connectivity index (χ1) is 9.65. The van der Waals surface area contributed by atoms with Crippen molar-refractivity contribution in [2.24, 2.45) is 5.92 Å². The van der Waals surface area contributed by atoms with Gasteiger partial charge in [0.1, 0.15) is 0 Å². The van der Waals surface area contributed by atoms with Crippen LogP contribution in [0.3, 0.4) is 0 Å². The SMILES string of the molecule is CCCCC(CCC)N(C)C1=C(NC=O)C(C)CC=C1. The molecule has 1 aliphatic rings. The highest BCUT2D eigenvalue weighted by Crippen LogP contribution is 2.27. The van der Waals surface area contributed by atoms with Crippen molar-refractivity contribution in [3.8, 4) is 0 Å². The predicted molar refractivity (Wildman–Crippen MR) is 85.1 cm³/mol. The molecular formula is C17H30N2O. The van der Waals surface area contributed by atoms with E-state index in [-0.39, 0.29) is 0 Å². The van der Waals surface area contributed by atoms with Crippen LogP contribution in [0, 0.1) is 5.92 Å². The summed E-state index contributed by atoms with van der Waals surface area (Å²) in [5.74, 6) is 0.385. The minimum atomic E-state index is 0.385. The van der Waals surface area contributed by atoms with Crippen LogP contribution in [0.4, 0.5) is 0 Å². The Labute approximate surface area is 124 Å². The number of nitrogens with zero attached hydrogens (tertiary/aromatic N) is 1. The Morgan fingerprint density at radius 3 is 2.75 bits per heavy atom. The van der Waals surface area contributed by atoms with Gasteiger partial charge in [-0.05, 0) is 25.3 Å². The predicted octanol–water partition coefficient (Wildman–Crippen LogP) is 3.83. The molecule has 1 rings (SSSR count). The van der Waals surface area contributed by atoms with Gasteiger partial charge in [0.15, 0.2) is 0 Å². The van der Waals surface area contributed by atoms with Crippen LogP contribution in [0.5, 0.6) is 0 Å². The minimum Gasteiger partial charge on any atom is -0.370 e. The van der Waals surface area contributed by atoms with Crippen molar-refractivity contribution in [1.82, 2.24) is 10.2 Å². The number of likely N-dealkylation sites (N-methyl/N-ethyl adjacent to an activating group) is 1. The molecule has 1 amide bonds. The summed E-state index contributed by atoms with van der Waals surface area (Å²) in [7, 11) is 2.17. The molecule has 0 aliphatic heterocycles. The van der Waals surface area contributed by atoms with E-state index in [1.807, 2.05) is 0 Å². The van der Waals surface area contributed by atoms with Crippen molar-refractivity contribution in [2.45, 2.75) is 65.3 Å². The maximum absolute atomic E-state index is 10.9. The number of carbonyl (C=O) groups excluding carboxylic acids is 1. The molecule has 0 radical (unpaired) electrons. The number of amides is 1. The monoisotopic (exact) mass is 278 g/mol. The Morgan fingerprint density at radius 2 is 2.15 bits per heavy atom. The van der Waals surface area contributed by atoms with Gasteiger partial charge in [-0.1, -0.05) is 46.1 Å². The summed E-state index contributed by atoms with van der Waals surface area (Å²) in [5.41, 5.74) is 2.26. The molecule has 3 nitrogen and oxygen atoms in total. The Kier molecular flexibility index (Phi) is 7.42. The number of allylic oxidation sites excluding steroid dienone is 3. The standard InChI is InChI=1S/C17H30N2O/c1-5-7-11-15(9-6-2)19(4)16-12-8-10-14(3)17(16)18-13-20/h8,12-15H,5-7,9-11H2,1-4H3,(H,18,20). The molecule has 0 heterocycles. The molecule has 1 N–H and O–H groups in total. The molecule has 0 saturated carbocycles. The van der Waals surface area contributed by atoms with Gasteiger partial charge in [-0.2, -0.15) is 0 Å². The van der Waals surface area contributed by atoms with Crippen LogP contribution in [0.25, 0.3) is 0 Å². The second kappa shape index (κ2) is 8.83. The van der Waals surface area contributed by atoms with Gasteiger partial charge in [0.05, 0.1) is 5.70 Å². The first-order valence-electron chi connectivity index (χ1n) is 7.99. The normalized spacial score (nSPS) is 19.9. The fraction of sp³-hybridized carbons (Fsp3) is 0.706. The lowest BCUT2D eigenvalue weighted by atomic mass is 9.94. The maximum atomic E-state index is 10.9. The molecule has 3 heteroatoms. The third-order valence-corrected chi connectivity index (χ3v) is 4.19. The van der Waals surface area contributed by atoms with E-state index in [1.165, 1.54) is 37.8 Å². The number of unbranched alkanes of at least 4 members (excludes halogenated alkanes) is 1. The molecule has 0 aromatic rings. The number of hydrogen-bond acceptors (Lipinski definition) is 2. The van der Waals surface area contributed by atoms with Gasteiger partial charge in [0.2, 0.25) is 6.41 Å². The van der Waals surface area contributed by atoms with Crippen LogP contribution in [0.2, 0.25) is 0 Å². The molecule has 0 aromatic carbocycles. The fourth-order valence-electron chi connectivity index (χ4n) is 2.93. The van der Waals surface area contributed by atoms with Crippen molar-refractivity contribution in [1.29, 1.82) is 0 Å². The smallest absolute Gasteiger partial charge is 0.211 e. The zero-order valence-electron chi connectivity index (χ0n) is 13.5. The lowest BCUT2D eigenvalue weighted by Crippen LogP contribution is -2.35. The maximum Gasteiger partial charge on any atom is 0.211 e. The Morgan fingerprint density at radius 1 is 1.40 bits per heavy atom. The van der Waals surface area contributed by atoms with Gasteiger partial charge in [-0.25, -0.2) is 0 Å². The molecule has 1 aliphatic carbocycles. The summed E-state index contributed by atoms with van der Waals surface area (Å²) < 4.78 is 0. The molecule has 0 fully saturated rings. The summed E-state index contributed by atoms with van der Waals surface area (Å²) in [5, 5.41) is 2.92. The van der Waals surface area contributed by atoms with Crippen LogP contribution >= 0.6 is 0 Å². The lowest BCUT2D eigenvalue weighted by Gasteiger charge is -2.35. The van der Waals surface area contributed by atoms with Crippen LogP contribution < -0.4 is 5.32 Å². The highest BCUT2D eigenvalue weighted by atomic mass is 16.1. The average Bonchev–Trinajstić information content (AvgIpc) is 2.45. The van der Waals surface area contributed by atoms with Crippen molar-refractivity contribution in [3.05, 3.63) is 23.5 Å². The summed E-state index contributed by atoms with van der Waals surface area (Å²) >= 11 is 0. The lowest BCUT2D eigenvalue weighted by molar-refractivity contribution is -0.109. The average molecular weight is 278 g/mol. The topological polar surface area (TPSA) is 32.3 Å². The van der Waals surface area contributed by atoms with Crippen molar-refractivity contribution >= 4 is 6.41 Å².